The van der Waals surface area contributed by atoms with Gasteiger partial charge in [0, 0.05) is 11.1 Å². The zero-order chi connectivity index (χ0) is 14.8. The Morgan fingerprint density at radius 1 is 1.48 bits per heavy atom. The minimum atomic E-state index is -3.87. The predicted octanol–water partition coefficient (Wildman–Crippen LogP) is 2.57. The average Bonchev–Trinajstić information content (AvgIpc) is 2.38. The summed E-state index contributed by atoms with van der Waals surface area (Å²) in [4.78, 5) is -0.363. The van der Waals surface area contributed by atoms with Gasteiger partial charge in [-0.25, -0.2) is 17.5 Å². The Balaban J connectivity index is 0.00000220. The monoisotopic (exact) mass is 356 g/mol. The van der Waals surface area contributed by atoms with Gasteiger partial charge in [-0.15, -0.1) is 12.4 Å². The maximum Gasteiger partial charge on any atom is 0.243 e. The third kappa shape index (κ3) is 4.79. The Kier molecular flexibility index (Phi) is 6.87. The Labute approximate surface area is 135 Å². The van der Waals surface area contributed by atoms with Crippen molar-refractivity contribution in [2.24, 2.45) is 5.92 Å². The first-order valence-electron chi connectivity index (χ1n) is 6.58. The zero-order valence-corrected chi connectivity index (χ0v) is 14.0. The normalized spacial score (nSPS) is 20.6. The molecule has 0 radical (unpaired) electrons. The molecular formula is C13H19Cl2FN2O2S. The highest BCUT2D eigenvalue weighted by molar-refractivity contribution is 7.89. The molecule has 2 atom stereocenters. The van der Waals surface area contributed by atoms with Gasteiger partial charge in [0.15, 0.2) is 0 Å². The van der Waals surface area contributed by atoms with Crippen LogP contribution in [0.15, 0.2) is 23.1 Å². The average molecular weight is 357 g/mol. The molecule has 0 aromatic heterocycles. The van der Waals surface area contributed by atoms with Gasteiger partial charge < -0.3 is 5.32 Å². The minimum absolute atomic E-state index is 0. The topological polar surface area (TPSA) is 58.2 Å². The van der Waals surface area contributed by atoms with Crippen LogP contribution in [0.4, 0.5) is 4.39 Å². The molecule has 2 rings (SSSR count). The first kappa shape index (κ1) is 18.6. The van der Waals surface area contributed by atoms with E-state index in [0.29, 0.717) is 0 Å². The highest BCUT2D eigenvalue weighted by Crippen LogP contribution is 2.21. The summed E-state index contributed by atoms with van der Waals surface area (Å²) < 4.78 is 40.7. The van der Waals surface area contributed by atoms with E-state index in [1.165, 1.54) is 12.1 Å². The summed E-state index contributed by atoms with van der Waals surface area (Å²) in [7, 11) is -3.87. The summed E-state index contributed by atoms with van der Waals surface area (Å²) in [6, 6.07) is 3.31. The molecule has 1 aliphatic heterocycles. The van der Waals surface area contributed by atoms with Crippen LogP contribution in [0.1, 0.15) is 19.8 Å². The molecule has 0 spiro atoms. The standard InChI is InChI=1S/C13H18ClFN2O2S.ClH/c1-9(10-3-2-6-16-8-10)17-20(18,19)13-5-4-11(14)7-12(13)15;/h4-5,7,9-10,16-17H,2-3,6,8H2,1H3;1H. The Morgan fingerprint density at radius 3 is 2.76 bits per heavy atom. The third-order valence-electron chi connectivity index (χ3n) is 3.57. The molecule has 0 saturated carbocycles. The lowest BCUT2D eigenvalue weighted by Gasteiger charge is -2.28. The number of halogens is 3. The fraction of sp³-hybridized carbons (Fsp3) is 0.538. The van der Waals surface area contributed by atoms with Crippen LogP contribution in [0.5, 0.6) is 0 Å². The van der Waals surface area contributed by atoms with Gasteiger partial charge in [-0.05, 0) is 57.0 Å². The first-order valence-corrected chi connectivity index (χ1v) is 8.44. The van der Waals surface area contributed by atoms with E-state index >= 15 is 0 Å². The summed E-state index contributed by atoms with van der Waals surface area (Å²) in [5.74, 6) is -0.618. The molecule has 120 valence electrons. The summed E-state index contributed by atoms with van der Waals surface area (Å²) in [5.41, 5.74) is 0. The fourth-order valence-electron chi connectivity index (χ4n) is 2.40. The Bertz CT molecular complexity index is 578. The van der Waals surface area contributed by atoms with Gasteiger partial charge in [0.05, 0.1) is 0 Å². The van der Waals surface area contributed by atoms with Crippen LogP contribution in [-0.2, 0) is 10.0 Å². The highest BCUT2D eigenvalue weighted by Gasteiger charge is 2.26. The van der Waals surface area contributed by atoms with Crippen molar-refractivity contribution in [3.8, 4) is 0 Å². The summed E-state index contributed by atoms with van der Waals surface area (Å²) in [6.07, 6.45) is 1.98. The van der Waals surface area contributed by atoms with E-state index in [-0.39, 0.29) is 34.3 Å². The van der Waals surface area contributed by atoms with Crippen molar-refractivity contribution in [1.82, 2.24) is 10.0 Å². The molecule has 1 fully saturated rings. The molecule has 1 saturated heterocycles. The van der Waals surface area contributed by atoms with Gasteiger partial charge in [-0.1, -0.05) is 11.6 Å². The van der Waals surface area contributed by atoms with Crippen LogP contribution < -0.4 is 10.0 Å². The van der Waals surface area contributed by atoms with Gasteiger partial charge in [0.1, 0.15) is 10.7 Å². The van der Waals surface area contributed by atoms with Crippen molar-refractivity contribution in [3.05, 3.63) is 29.0 Å². The molecule has 0 aliphatic carbocycles. The number of piperidine rings is 1. The molecule has 0 bridgehead atoms. The van der Waals surface area contributed by atoms with E-state index in [2.05, 4.69) is 10.0 Å². The quantitative estimate of drug-likeness (QED) is 0.871. The summed E-state index contributed by atoms with van der Waals surface area (Å²) in [6.45, 7) is 3.54. The second-order valence-electron chi connectivity index (χ2n) is 5.09. The molecule has 0 amide bonds. The van der Waals surface area contributed by atoms with Crippen LogP contribution >= 0.6 is 24.0 Å². The predicted molar refractivity (Wildman–Crippen MR) is 84.0 cm³/mol. The van der Waals surface area contributed by atoms with Crippen molar-refractivity contribution < 1.29 is 12.8 Å². The van der Waals surface area contributed by atoms with Crippen molar-refractivity contribution in [1.29, 1.82) is 0 Å². The lowest BCUT2D eigenvalue weighted by Crippen LogP contribution is -2.44. The van der Waals surface area contributed by atoms with Gasteiger partial charge in [-0.2, -0.15) is 0 Å². The number of benzene rings is 1. The molecule has 2 N–H and O–H groups in total. The molecule has 1 heterocycles. The number of sulfonamides is 1. The number of hydrogen-bond acceptors (Lipinski definition) is 3. The number of nitrogens with one attached hydrogen (secondary N) is 2. The van der Waals surface area contributed by atoms with Crippen LogP contribution in [0.2, 0.25) is 5.02 Å². The van der Waals surface area contributed by atoms with E-state index in [1.807, 2.05) is 6.92 Å². The Hall–Kier alpha value is -0.400. The zero-order valence-electron chi connectivity index (χ0n) is 11.6. The second kappa shape index (κ2) is 7.74. The molecular weight excluding hydrogens is 338 g/mol. The van der Waals surface area contributed by atoms with E-state index in [9.17, 15) is 12.8 Å². The first-order chi connectivity index (χ1) is 9.40. The smallest absolute Gasteiger partial charge is 0.243 e. The molecule has 1 aliphatic rings. The van der Waals surface area contributed by atoms with E-state index in [0.717, 1.165) is 32.0 Å². The van der Waals surface area contributed by atoms with Crippen molar-refractivity contribution in [3.63, 3.8) is 0 Å². The maximum absolute atomic E-state index is 13.7. The van der Waals surface area contributed by atoms with Crippen molar-refractivity contribution in [2.75, 3.05) is 13.1 Å². The lowest BCUT2D eigenvalue weighted by molar-refractivity contribution is 0.320. The molecule has 1 aromatic rings. The van der Waals surface area contributed by atoms with Gasteiger partial charge in [0.25, 0.3) is 0 Å². The van der Waals surface area contributed by atoms with Crippen LogP contribution in [-0.4, -0.2) is 27.5 Å². The largest absolute Gasteiger partial charge is 0.316 e. The molecule has 2 unspecified atom stereocenters. The van der Waals surface area contributed by atoms with E-state index in [4.69, 9.17) is 11.6 Å². The summed E-state index contributed by atoms with van der Waals surface area (Å²) >= 11 is 5.63. The van der Waals surface area contributed by atoms with Crippen LogP contribution in [0.25, 0.3) is 0 Å². The van der Waals surface area contributed by atoms with Crippen molar-refractivity contribution in [2.45, 2.75) is 30.7 Å². The summed E-state index contributed by atoms with van der Waals surface area (Å²) in [5, 5.41) is 3.41. The second-order valence-corrected chi connectivity index (χ2v) is 7.21. The van der Waals surface area contributed by atoms with Gasteiger partial charge in [-0.3, -0.25) is 0 Å². The van der Waals surface area contributed by atoms with Crippen molar-refractivity contribution >= 4 is 34.0 Å². The molecule has 1 aromatic carbocycles. The third-order valence-corrected chi connectivity index (χ3v) is 5.39. The number of hydrogen-bond donors (Lipinski definition) is 2. The van der Waals surface area contributed by atoms with Crippen LogP contribution in [0, 0.1) is 11.7 Å². The maximum atomic E-state index is 13.7. The molecule has 8 heteroatoms. The van der Waals surface area contributed by atoms with E-state index in [1.54, 1.807) is 0 Å². The lowest BCUT2D eigenvalue weighted by atomic mass is 9.94. The minimum Gasteiger partial charge on any atom is -0.316 e. The van der Waals surface area contributed by atoms with Crippen LogP contribution in [0.3, 0.4) is 0 Å². The highest BCUT2D eigenvalue weighted by atomic mass is 35.5. The van der Waals surface area contributed by atoms with E-state index < -0.39 is 15.8 Å². The Morgan fingerprint density at radius 2 is 2.19 bits per heavy atom. The number of rotatable bonds is 4. The van der Waals surface area contributed by atoms with Gasteiger partial charge >= 0.3 is 0 Å². The fourth-order valence-corrected chi connectivity index (χ4v) is 3.93. The van der Waals surface area contributed by atoms with Gasteiger partial charge in [0.2, 0.25) is 10.0 Å². The SMILES string of the molecule is CC(NS(=O)(=O)c1ccc(Cl)cc1F)C1CCCNC1.Cl. The molecule has 21 heavy (non-hydrogen) atoms. The molecule has 4 nitrogen and oxygen atoms in total.